The van der Waals surface area contributed by atoms with E-state index in [2.05, 4.69) is 4.98 Å². The Hall–Kier alpha value is -1.69. The zero-order chi connectivity index (χ0) is 13.3. The Kier molecular flexibility index (Phi) is 3.21. The first-order valence-electron chi connectivity index (χ1n) is 5.02. The van der Waals surface area contributed by atoms with Gasteiger partial charge in [0.15, 0.2) is 10.8 Å². The number of thiazole rings is 1. The molecule has 2 aromatic rings. The summed E-state index contributed by atoms with van der Waals surface area (Å²) < 4.78 is 37.6. The van der Waals surface area contributed by atoms with E-state index in [1.165, 1.54) is 19.1 Å². The normalized spacial score (nSPS) is 11.6. The topological polar surface area (TPSA) is 30.0 Å². The van der Waals surface area contributed by atoms with Crippen LogP contribution in [0.3, 0.4) is 0 Å². The lowest BCUT2D eigenvalue weighted by Crippen LogP contribution is -2.04. The molecule has 0 spiro atoms. The summed E-state index contributed by atoms with van der Waals surface area (Å²) in [5.41, 5.74) is 0.0160. The number of benzene rings is 1. The quantitative estimate of drug-likeness (QED) is 0.772. The Morgan fingerprint density at radius 3 is 2.61 bits per heavy atom. The van der Waals surface area contributed by atoms with Crippen molar-refractivity contribution in [2.45, 2.75) is 13.1 Å². The third-order valence-electron chi connectivity index (χ3n) is 2.29. The van der Waals surface area contributed by atoms with Crippen molar-refractivity contribution in [3.63, 3.8) is 0 Å². The monoisotopic (exact) mass is 271 g/mol. The molecule has 94 valence electrons. The molecule has 0 aliphatic carbocycles. The van der Waals surface area contributed by atoms with Gasteiger partial charge >= 0.3 is 6.18 Å². The van der Waals surface area contributed by atoms with Gasteiger partial charge in [-0.15, -0.1) is 11.3 Å². The maximum Gasteiger partial charge on any atom is 0.416 e. The van der Waals surface area contributed by atoms with Crippen molar-refractivity contribution in [3.8, 4) is 11.3 Å². The fourth-order valence-corrected chi connectivity index (χ4v) is 2.15. The molecule has 1 aromatic carbocycles. The number of hydrogen-bond acceptors (Lipinski definition) is 3. The predicted octanol–water partition coefficient (Wildman–Crippen LogP) is 4.03. The van der Waals surface area contributed by atoms with Crippen LogP contribution < -0.4 is 0 Å². The second kappa shape index (κ2) is 4.53. The second-order valence-electron chi connectivity index (χ2n) is 3.67. The average molecular weight is 271 g/mol. The zero-order valence-corrected chi connectivity index (χ0v) is 10.1. The number of halogens is 3. The first-order chi connectivity index (χ1) is 8.38. The van der Waals surface area contributed by atoms with Gasteiger partial charge in [0.1, 0.15) is 0 Å². The molecule has 2 nitrogen and oxygen atoms in total. The fraction of sp³-hybridized carbons (Fsp3) is 0.167. The van der Waals surface area contributed by atoms with E-state index in [0.29, 0.717) is 16.3 Å². The van der Waals surface area contributed by atoms with Crippen LogP contribution in [0.5, 0.6) is 0 Å². The number of hydrogen-bond donors (Lipinski definition) is 0. The molecule has 0 saturated carbocycles. The minimum Gasteiger partial charge on any atom is -0.292 e. The van der Waals surface area contributed by atoms with E-state index < -0.39 is 11.7 Å². The fourth-order valence-electron chi connectivity index (χ4n) is 1.42. The van der Waals surface area contributed by atoms with Gasteiger partial charge in [0, 0.05) is 17.9 Å². The van der Waals surface area contributed by atoms with Crippen molar-refractivity contribution in [1.82, 2.24) is 4.98 Å². The SMILES string of the molecule is CC(=O)c1nc(-c2cccc(C(F)(F)F)c2)cs1. The van der Waals surface area contributed by atoms with Crippen LogP contribution in [0.4, 0.5) is 13.2 Å². The molecule has 0 atom stereocenters. The smallest absolute Gasteiger partial charge is 0.292 e. The Bertz CT molecular complexity index is 589. The molecule has 0 fully saturated rings. The largest absolute Gasteiger partial charge is 0.416 e. The predicted molar refractivity (Wildman–Crippen MR) is 62.6 cm³/mol. The molecule has 0 N–H and O–H groups in total. The third-order valence-corrected chi connectivity index (χ3v) is 3.23. The number of carbonyl (C=O) groups excluding carboxylic acids is 1. The minimum atomic E-state index is -4.38. The highest BCUT2D eigenvalue weighted by atomic mass is 32.1. The highest BCUT2D eigenvalue weighted by molar-refractivity contribution is 7.12. The molecule has 18 heavy (non-hydrogen) atoms. The van der Waals surface area contributed by atoms with Gasteiger partial charge in [-0.05, 0) is 12.1 Å². The molecule has 0 saturated heterocycles. The molecule has 0 bridgehead atoms. The minimum absolute atomic E-state index is 0.196. The second-order valence-corrected chi connectivity index (χ2v) is 4.53. The summed E-state index contributed by atoms with van der Waals surface area (Å²) in [4.78, 5) is 15.1. The molecule has 0 radical (unpaired) electrons. The van der Waals surface area contributed by atoms with Crippen LogP contribution in [0, 0.1) is 0 Å². The first kappa shape index (κ1) is 12.8. The summed E-state index contributed by atoms with van der Waals surface area (Å²) in [5, 5.41) is 1.87. The molecular weight excluding hydrogens is 263 g/mol. The lowest BCUT2D eigenvalue weighted by Gasteiger charge is -2.07. The van der Waals surface area contributed by atoms with E-state index in [4.69, 9.17) is 0 Å². The molecular formula is C12H8F3NOS. The lowest BCUT2D eigenvalue weighted by molar-refractivity contribution is -0.137. The van der Waals surface area contributed by atoms with Crippen molar-refractivity contribution in [3.05, 3.63) is 40.2 Å². The molecule has 0 aliphatic heterocycles. The van der Waals surface area contributed by atoms with Crippen LogP contribution in [-0.2, 0) is 6.18 Å². The van der Waals surface area contributed by atoms with E-state index in [9.17, 15) is 18.0 Å². The Labute approximate surface area is 105 Å². The number of carbonyl (C=O) groups is 1. The summed E-state index contributed by atoms with van der Waals surface area (Å²) >= 11 is 1.12. The molecule has 0 unspecified atom stereocenters. The summed E-state index contributed by atoms with van der Waals surface area (Å²) in [6.45, 7) is 1.37. The van der Waals surface area contributed by atoms with Gasteiger partial charge in [-0.3, -0.25) is 4.79 Å². The van der Waals surface area contributed by atoms with Gasteiger partial charge in [0.05, 0.1) is 11.3 Å². The van der Waals surface area contributed by atoms with Gasteiger partial charge in [-0.1, -0.05) is 12.1 Å². The van der Waals surface area contributed by atoms with E-state index in [1.54, 1.807) is 5.38 Å². The first-order valence-corrected chi connectivity index (χ1v) is 5.90. The number of ketones is 1. The molecule has 6 heteroatoms. The van der Waals surface area contributed by atoms with Crippen LogP contribution in [0.2, 0.25) is 0 Å². The van der Waals surface area contributed by atoms with Crippen molar-refractivity contribution >= 4 is 17.1 Å². The Balaban J connectivity index is 2.41. The van der Waals surface area contributed by atoms with Crippen LogP contribution in [0.25, 0.3) is 11.3 Å². The van der Waals surface area contributed by atoms with Gasteiger partial charge in [0.2, 0.25) is 0 Å². The zero-order valence-electron chi connectivity index (χ0n) is 9.28. The Morgan fingerprint density at radius 1 is 1.33 bits per heavy atom. The van der Waals surface area contributed by atoms with Gasteiger partial charge in [0.25, 0.3) is 0 Å². The maximum absolute atomic E-state index is 12.5. The summed E-state index contributed by atoms with van der Waals surface area (Å²) in [5.74, 6) is -0.196. The van der Waals surface area contributed by atoms with Gasteiger partial charge in [-0.25, -0.2) is 4.98 Å². The molecule has 2 rings (SSSR count). The van der Waals surface area contributed by atoms with E-state index >= 15 is 0 Å². The van der Waals surface area contributed by atoms with Crippen LogP contribution in [-0.4, -0.2) is 10.8 Å². The van der Waals surface area contributed by atoms with Crippen molar-refractivity contribution in [1.29, 1.82) is 0 Å². The highest BCUT2D eigenvalue weighted by Gasteiger charge is 2.30. The van der Waals surface area contributed by atoms with Gasteiger partial charge < -0.3 is 0 Å². The number of aromatic nitrogens is 1. The van der Waals surface area contributed by atoms with E-state index in [-0.39, 0.29) is 5.78 Å². The van der Waals surface area contributed by atoms with E-state index in [0.717, 1.165) is 23.5 Å². The number of alkyl halides is 3. The average Bonchev–Trinajstić information content (AvgIpc) is 2.77. The summed E-state index contributed by atoms with van der Waals surface area (Å²) in [7, 11) is 0. The highest BCUT2D eigenvalue weighted by Crippen LogP contribution is 2.32. The number of nitrogens with zero attached hydrogens (tertiary/aromatic N) is 1. The summed E-state index contributed by atoms with van der Waals surface area (Å²) in [6.07, 6.45) is -4.38. The van der Waals surface area contributed by atoms with Crippen molar-refractivity contribution in [2.24, 2.45) is 0 Å². The van der Waals surface area contributed by atoms with Crippen LogP contribution >= 0.6 is 11.3 Å². The number of Topliss-reactive ketones (excluding diaryl/α,β-unsaturated/α-hetero) is 1. The molecule has 1 heterocycles. The van der Waals surface area contributed by atoms with Gasteiger partial charge in [-0.2, -0.15) is 13.2 Å². The maximum atomic E-state index is 12.5. The van der Waals surface area contributed by atoms with E-state index in [1.807, 2.05) is 0 Å². The van der Waals surface area contributed by atoms with Crippen LogP contribution in [0.15, 0.2) is 29.6 Å². The molecule has 1 aromatic heterocycles. The van der Waals surface area contributed by atoms with Crippen molar-refractivity contribution < 1.29 is 18.0 Å². The molecule has 0 amide bonds. The standard InChI is InChI=1S/C12H8F3NOS/c1-7(17)11-16-10(6-18-11)8-3-2-4-9(5-8)12(13,14)15/h2-6H,1H3. The number of rotatable bonds is 2. The Morgan fingerprint density at radius 2 is 2.06 bits per heavy atom. The lowest BCUT2D eigenvalue weighted by atomic mass is 10.1. The van der Waals surface area contributed by atoms with Crippen molar-refractivity contribution in [2.75, 3.05) is 0 Å². The third kappa shape index (κ3) is 2.59. The summed E-state index contributed by atoms with van der Waals surface area (Å²) in [6, 6.07) is 4.89. The van der Waals surface area contributed by atoms with Crippen LogP contribution in [0.1, 0.15) is 22.3 Å². The molecule has 0 aliphatic rings.